The molecule has 1 aliphatic heterocycles. The van der Waals surface area contributed by atoms with Crippen LogP contribution in [0.4, 0.5) is 11.4 Å². The van der Waals surface area contributed by atoms with Gasteiger partial charge in [0.25, 0.3) is 11.6 Å². The number of nitrogens with one attached hydrogen (secondary N) is 2. The standard InChI is InChI=1S/C16H23N3O5/c1-10-8-18(9-11(2)24-10)12(3)16(20)17-14-6-5-13(23-4)7-15(14)19(21)22/h5-7,10-12H,8-9H2,1-4H3,(H,17,20)/p+1/t10-,11+,12-/m0/s1. The third-order valence-electron chi connectivity index (χ3n) is 4.23. The van der Waals surface area contributed by atoms with Crippen LogP contribution in [0.25, 0.3) is 0 Å². The first kappa shape index (κ1) is 18.2. The Morgan fingerprint density at radius 1 is 1.42 bits per heavy atom. The number of amides is 1. The number of hydrogen-bond acceptors (Lipinski definition) is 5. The number of carbonyl (C=O) groups excluding carboxylic acids is 1. The number of rotatable bonds is 5. The highest BCUT2D eigenvalue weighted by Crippen LogP contribution is 2.28. The monoisotopic (exact) mass is 338 g/mol. The quantitative estimate of drug-likeness (QED) is 0.606. The summed E-state index contributed by atoms with van der Waals surface area (Å²) in [6.45, 7) is 7.24. The summed E-state index contributed by atoms with van der Waals surface area (Å²) in [6, 6.07) is 4.03. The molecule has 1 aromatic rings. The first-order valence-electron chi connectivity index (χ1n) is 7.95. The molecule has 1 heterocycles. The fraction of sp³-hybridized carbons (Fsp3) is 0.562. The lowest BCUT2D eigenvalue weighted by molar-refractivity contribution is -0.928. The SMILES string of the molecule is COc1ccc(NC(=O)[C@H](C)[NH+]2C[C@@H](C)O[C@@H](C)C2)c([N+](=O)[O-])c1. The molecule has 1 unspecified atom stereocenters. The van der Waals surface area contributed by atoms with Crippen molar-refractivity contribution in [3.05, 3.63) is 28.3 Å². The molecule has 1 aliphatic rings. The molecular formula is C16H24N3O5+. The second-order valence-electron chi connectivity index (χ2n) is 6.17. The van der Waals surface area contributed by atoms with Gasteiger partial charge in [0.1, 0.15) is 36.7 Å². The second-order valence-corrected chi connectivity index (χ2v) is 6.17. The molecule has 0 bridgehead atoms. The van der Waals surface area contributed by atoms with E-state index in [1.807, 2.05) is 20.8 Å². The highest BCUT2D eigenvalue weighted by Gasteiger charge is 2.33. The Labute approximate surface area is 140 Å². The Morgan fingerprint density at radius 2 is 2.04 bits per heavy atom. The van der Waals surface area contributed by atoms with Crippen LogP contribution in [-0.2, 0) is 9.53 Å². The van der Waals surface area contributed by atoms with Crippen LogP contribution in [0.1, 0.15) is 20.8 Å². The van der Waals surface area contributed by atoms with Crippen LogP contribution in [0.5, 0.6) is 5.75 Å². The first-order valence-corrected chi connectivity index (χ1v) is 7.95. The molecule has 0 spiro atoms. The van der Waals surface area contributed by atoms with Gasteiger partial charge in [-0.3, -0.25) is 14.9 Å². The van der Waals surface area contributed by atoms with E-state index >= 15 is 0 Å². The van der Waals surface area contributed by atoms with E-state index in [2.05, 4.69) is 5.32 Å². The van der Waals surface area contributed by atoms with Gasteiger partial charge in [-0.1, -0.05) is 0 Å². The van der Waals surface area contributed by atoms with E-state index < -0.39 is 4.92 Å². The van der Waals surface area contributed by atoms with E-state index in [4.69, 9.17) is 9.47 Å². The summed E-state index contributed by atoms with van der Waals surface area (Å²) in [5.74, 6) is 0.119. The van der Waals surface area contributed by atoms with E-state index in [9.17, 15) is 14.9 Å². The van der Waals surface area contributed by atoms with Crippen LogP contribution in [0.3, 0.4) is 0 Å². The molecule has 1 aromatic carbocycles. The van der Waals surface area contributed by atoms with E-state index in [1.54, 1.807) is 6.07 Å². The van der Waals surface area contributed by atoms with Crippen molar-refractivity contribution in [3.8, 4) is 5.75 Å². The lowest BCUT2D eigenvalue weighted by Gasteiger charge is -2.35. The van der Waals surface area contributed by atoms with Gasteiger partial charge in [-0.25, -0.2) is 0 Å². The van der Waals surface area contributed by atoms with Crippen LogP contribution >= 0.6 is 0 Å². The molecule has 0 saturated carbocycles. The molecule has 0 radical (unpaired) electrons. The highest BCUT2D eigenvalue weighted by molar-refractivity contribution is 5.95. The average Bonchev–Trinajstić information content (AvgIpc) is 2.53. The van der Waals surface area contributed by atoms with Gasteiger partial charge in [-0.2, -0.15) is 0 Å². The average molecular weight is 338 g/mol. The normalized spacial score (nSPS) is 24.9. The van der Waals surface area contributed by atoms with Crippen molar-refractivity contribution in [2.24, 2.45) is 0 Å². The summed E-state index contributed by atoms with van der Waals surface area (Å²) in [4.78, 5) is 24.3. The molecule has 8 heteroatoms. The molecule has 1 saturated heterocycles. The third-order valence-corrected chi connectivity index (χ3v) is 4.23. The summed E-state index contributed by atoms with van der Waals surface area (Å²) in [5.41, 5.74) is -0.0139. The number of hydrogen-bond donors (Lipinski definition) is 2. The second kappa shape index (κ2) is 7.59. The van der Waals surface area contributed by atoms with E-state index in [-0.39, 0.29) is 35.5 Å². The fourth-order valence-electron chi connectivity index (χ4n) is 2.99. The molecule has 24 heavy (non-hydrogen) atoms. The Kier molecular flexibility index (Phi) is 5.74. The number of methoxy groups -OCH3 is 1. The Hall–Kier alpha value is -2.19. The summed E-state index contributed by atoms with van der Waals surface area (Å²) in [5, 5.41) is 13.9. The van der Waals surface area contributed by atoms with E-state index in [0.29, 0.717) is 5.75 Å². The van der Waals surface area contributed by atoms with Gasteiger partial charge in [0.15, 0.2) is 6.04 Å². The zero-order chi connectivity index (χ0) is 17.9. The molecule has 4 atom stereocenters. The number of quaternary nitrogens is 1. The maximum Gasteiger partial charge on any atom is 0.296 e. The van der Waals surface area contributed by atoms with Gasteiger partial charge in [0.05, 0.1) is 18.1 Å². The Morgan fingerprint density at radius 3 is 2.58 bits per heavy atom. The summed E-state index contributed by atoms with van der Waals surface area (Å²) in [7, 11) is 1.43. The highest BCUT2D eigenvalue weighted by atomic mass is 16.6. The Bertz CT molecular complexity index is 612. The van der Waals surface area contributed by atoms with Crippen molar-refractivity contribution in [1.29, 1.82) is 0 Å². The summed E-state index contributed by atoms with van der Waals surface area (Å²) < 4.78 is 10.7. The van der Waals surface area contributed by atoms with Crippen LogP contribution < -0.4 is 15.0 Å². The number of carbonyl (C=O) groups is 1. The van der Waals surface area contributed by atoms with Crippen molar-refractivity contribution < 1.29 is 24.1 Å². The lowest BCUT2D eigenvalue weighted by Crippen LogP contribution is -3.19. The third kappa shape index (κ3) is 4.21. The van der Waals surface area contributed by atoms with Crippen molar-refractivity contribution in [1.82, 2.24) is 0 Å². The van der Waals surface area contributed by atoms with Gasteiger partial charge >= 0.3 is 0 Å². The van der Waals surface area contributed by atoms with Gasteiger partial charge in [0.2, 0.25) is 0 Å². The van der Waals surface area contributed by atoms with Crippen molar-refractivity contribution in [2.75, 3.05) is 25.5 Å². The number of anilines is 1. The van der Waals surface area contributed by atoms with Crippen LogP contribution in [-0.4, -0.2) is 49.3 Å². The predicted molar refractivity (Wildman–Crippen MR) is 88.4 cm³/mol. The number of benzene rings is 1. The molecule has 0 aliphatic carbocycles. The minimum Gasteiger partial charge on any atom is -0.496 e. The Balaban J connectivity index is 2.12. The molecule has 2 N–H and O–H groups in total. The predicted octanol–water partition coefficient (Wildman–Crippen LogP) is 0.623. The van der Waals surface area contributed by atoms with Crippen molar-refractivity contribution in [3.63, 3.8) is 0 Å². The summed E-state index contributed by atoms with van der Waals surface area (Å²) >= 11 is 0. The van der Waals surface area contributed by atoms with Gasteiger partial charge < -0.3 is 19.7 Å². The van der Waals surface area contributed by atoms with Crippen molar-refractivity contribution in [2.45, 2.75) is 39.0 Å². The zero-order valence-electron chi connectivity index (χ0n) is 14.4. The molecule has 1 fully saturated rings. The number of nitrogens with zero attached hydrogens (tertiary/aromatic N) is 1. The molecule has 1 amide bonds. The minimum absolute atomic E-state index is 0.0781. The van der Waals surface area contributed by atoms with E-state index in [0.717, 1.165) is 18.0 Å². The van der Waals surface area contributed by atoms with Crippen LogP contribution in [0.15, 0.2) is 18.2 Å². The van der Waals surface area contributed by atoms with Gasteiger partial charge in [-0.05, 0) is 32.9 Å². The summed E-state index contributed by atoms with van der Waals surface area (Å²) in [6.07, 6.45) is 0.156. The molecular weight excluding hydrogens is 314 g/mol. The zero-order valence-corrected chi connectivity index (χ0v) is 14.4. The van der Waals surface area contributed by atoms with E-state index in [1.165, 1.54) is 19.2 Å². The van der Waals surface area contributed by atoms with Gasteiger partial charge in [0, 0.05) is 0 Å². The molecule has 8 nitrogen and oxygen atoms in total. The lowest BCUT2D eigenvalue weighted by atomic mass is 10.1. The molecule has 0 aromatic heterocycles. The number of ether oxygens (including phenoxy) is 2. The first-order chi connectivity index (χ1) is 11.3. The number of nitro benzene ring substituents is 1. The van der Waals surface area contributed by atoms with Crippen molar-refractivity contribution >= 4 is 17.3 Å². The molecule has 2 rings (SSSR count). The largest absolute Gasteiger partial charge is 0.496 e. The fourth-order valence-corrected chi connectivity index (χ4v) is 2.99. The topological polar surface area (TPSA) is 95.1 Å². The maximum atomic E-state index is 12.5. The smallest absolute Gasteiger partial charge is 0.296 e. The molecule has 132 valence electrons. The maximum absolute atomic E-state index is 12.5. The number of nitro groups is 1. The minimum atomic E-state index is -0.533. The van der Waals surface area contributed by atoms with Gasteiger partial charge in [-0.15, -0.1) is 0 Å². The number of morpholine rings is 1. The van der Waals surface area contributed by atoms with Crippen LogP contribution in [0.2, 0.25) is 0 Å². The van der Waals surface area contributed by atoms with Crippen LogP contribution in [0, 0.1) is 10.1 Å².